The highest BCUT2D eigenvalue weighted by Crippen LogP contribution is 2.02. The number of ether oxygens (including phenoxy) is 1. The summed E-state index contributed by atoms with van der Waals surface area (Å²) in [5.41, 5.74) is 0. The van der Waals surface area contributed by atoms with Gasteiger partial charge in [-0.05, 0) is 46.3 Å². The number of unbranched alkanes of at least 4 members (excludes halogenated alkanes) is 3. The largest absolute Gasteiger partial charge is 0.466 e. The van der Waals surface area contributed by atoms with Gasteiger partial charge in [0, 0.05) is 6.42 Å². The lowest BCUT2D eigenvalue weighted by Gasteiger charge is -2.09. The second kappa shape index (κ2) is 12.3. The summed E-state index contributed by atoms with van der Waals surface area (Å²) >= 11 is 0. The van der Waals surface area contributed by atoms with E-state index in [1.165, 1.54) is 6.08 Å². The van der Waals surface area contributed by atoms with E-state index in [-0.39, 0.29) is 5.97 Å². The summed E-state index contributed by atoms with van der Waals surface area (Å²) in [5.74, 6) is -0.126. The second-order valence-electron chi connectivity index (χ2n) is 4.51. The first-order valence-electron chi connectivity index (χ1n) is 6.51. The summed E-state index contributed by atoms with van der Waals surface area (Å²) in [6, 6.07) is 0. The maximum atomic E-state index is 11.3. The maximum absolute atomic E-state index is 11.3. The third-order valence-electron chi connectivity index (χ3n) is 2.48. The van der Waals surface area contributed by atoms with Crippen LogP contribution in [-0.4, -0.2) is 50.7 Å². The molecule has 0 fully saturated rings. The SMILES string of the molecule is CN(C)CCCCOC(=O)CCCCCN=C=O. The molecule has 0 unspecified atom stereocenters. The molecule has 0 heterocycles. The van der Waals surface area contributed by atoms with Crippen LogP contribution in [0.15, 0.2) is 4.99 Å². The first kappa shape index (κ1) is 16.8. The van der Waals surface area contributed by atoms with Gasteiger partial charge in [-0.25, -0.2) is 9.79 Å². The average Bonchev–Trinajstić information content (AvgIpc) is 2.33. The third-order valence-corrected chi connectivity index (χ3v) is 2.48. The first-order chi connectivity index (χ1) is 8.66. The predicted molar refractivity (Wildman–Crippen MR) is 70.2 cm³/mol. The highest BCUT2D eigenvalue weighted by atomic mass is 16.5. The number of carbonyl (C=O) groups is 1. The van der Waals surface area contributed by atoms with Crippen LogP contribution in [-0.2, 0) is 14.3 Å². The fourth-order valence-electron chi connectivity index (χ4n) is 1.47. The number of nitrogens with zero attached hydrogens (tertiary/aromatic N) is 2. The van der Waals surface area contributed by atoms with Crippen molar-refractivity contribution in [2.24, 2.45) is 4.99 Å². The van der Waals surface area contributed by atoms with Gasteiger partial charge in [0.2, 0.25) is 6.08 Å². The third kappa shape index (κ3) is 12.9. The van der Waals surface area contributed by atoms with E-state index in [4.69, 9.17) is 4.74 Å². The van der Waals surface area contributed by atoms with Crippen LogP contribution >= 0.6 is 0 Å². The molecule has 5 heteroatoms. The Morgan fingerprint density at radius 1 is 1.17 bits per heavy atom. The Morgan fingerprint density at radius 2 is 1.94 bits per heavy atom. The lowest BCUT2D eigenvalue weighted by atomic mass is 10.2. The smallest absolute Gasteiger partial charge is 0.305 e. The molecule has 0 saturated heterocycles. The highest BCUT2D eigenvalue weighted by molar-refractivity contribution is 5.69. The lowest BCUT2D eigenvalue weighted by Crippen LogP contribution is -2.14. The topological polar surface area (TPSA) is 59.0 Å². The molecule has 0 aliphatic rings. The Balaban J connectivity index is 3.24. The summed E-state index contributed by atoms with van der Waals surface area (Å²) in [5, 5.41) is 0. The molecule has 5 nitrogen and oxygen atoms in total. The van der Waals surface area contributed by atoms with Crippen LogP contribution < -0.4 is 0 Å². The van der Waals surface area contributed by atoms with E-state index in [9.17, 15) is 9.59 Å². The number of hydrogen-bond acceptors (Lipinski definition) is 5. The van der Waals surface area contributed by atoms with Crippen molar-refractivity contribution in [3.05, 3.63) is 0 Å². The molecular weight excluding hydrogens is 232 g/mol. The molecule has 0 amide bonds. The van der Waals surface area contributed by atoms with Crippen LogP contribution in [0.5, 0.6) is 0 Å². The minimum atomic E-state index is -0.126. The van der Waals surface area contributed by atoms with E-state index in [1.54, 1.807) is 0 Å². The minimum Gasteiger partial charge on any atom is -0.466 e. The van der Waals surface area contributed by atoms with Crippen molar-refractivity contribution in [2.45, 2.75) is 38.5 Å². The number of carbonyl (C=O) groups excluding carboxylic acids is 2. The molecule has 18 heavy (non-hydrogen) atoms. The van der Waals surface area contributed by atoms with Crippen molar-refractivity contribution in [2.75, 3.05) is 33.8 Å². The van der Waals surface area contributed by atoms with Gasteiger partial charge in [-0.3, -0.25) is 4.79 Å². The van der Waals surface area contributed by atoms with E-state index in [1.807, 2.05) is 14.1 Å². The van der Waals surface area contributed by atoms with Crippen molar-refractivity contribution in [3.63, 3.8) is 0 Å². The standard InChI is InChI=1S/C13H24N2O3/c1-15(2)10-6-7-11-18-13(17)8-4-3-5-9-14-12-16/h3-11H2,1-2H3. The second-order valence-corrected chi connectivity index (χ2v) is 4.51. The molecule has 0 radical (unpaired) electrons. The van der Waals surface area contributed by atoms with Gasteiger partial charge >= 0.3 is 5.97 Å². The molecular formula is C13H24N2O3. The van der Waals surface area contributed by atoms with E-state index in [0.717, 1.165) is 38.6 Å². The van der Waals surface area contributed by atoms with Crippen LogP contribution in [0.3, 0.4) is 0 Å². The van der Waals surface area contributed by atoms with Gasteiger partial charge < -0.3 is 9.64 Å². The molecule has 0 aromatic rings. The minimum absolute atomic E-state index is 0.126. The lowest BCUT2D eigenvalue weighted by molar-refractivity contribution is -0.143. The van der Waals surface area contributed by atoms with E-state index in [2.05, 4.69) is 9.89 Å². The zero-order valence-electron chi connectivity index (χ0n) is 11.5. The van der Waals surface area contributed by atoms with Gasteiger partial charge in [0.05, 0.1) is 13.2 Å². The molecule has 0 aromatic heterocycles. The summed E-state index contributed by atoms with van der Waals surface area (Å²) in [4.78, 5) is 26.7. The molecule has 0 spiro atoms. The Hall–Kier alpha value is -1.19. The van der Waals surface area contributed by atoms with Crippen molar-refractivity contribution < 1.29 is 14.3 Å². The van der Waals surface area contributed by atoms with E-state index >= 15 is 0 Å². The van der Waals surface area contributed by atoms with Crippen LogP contribution in [0, 0.1) is 0 Å². The van der Waals surface area contributed by atoms with E-state index < -0.39 is 0 Å². The summed E-state index contributed by atoms with van der Waals surface area (Å²) < 4.78 is 5.11. The van der Waals surface area contributed by atoms with Crippen molar-refractivity contribution >= 4 is 12.0 Å². The van der Waals surface area contributed by atoms with Gasteiger partial charge in [-0.2, -0.15) is 0 Å². The van der Waals surface area contributed by atoms with Crippen LogP contribution in [0.2, 0.25) is 0 Å². The molecule has 0 aliphatic heterocycles. The first-order valence-corrected chi connectivity index (χ1v) is 6.51. The number of esters is 1. The normalized spacial score (nSPS) is 10.2. The van der Waals surface area contributed by atoms with Crippen molar-refractivity contribution in [3.8, 4) is 0 Å². The van der Waals surface area contributed by atoms with Gasteiger partial charge in [0.15, 0.2) is 0 Å². The number of hydrogen-bond donors (Lipinski definition) is 0. The van der Waals surface area contributed by atoms with Crippen molar-refractivity contribution in [1.29, 1.82) is 0 Å². The van der Waals surface area contributed by atoms with Crippen LogP contribution in [0.1, 0.15) is 38.5 Å². The molecule has 104 valence electrons. The predicted octanol–water partition coefficient (Wildman–Crippen LogP) is 1.77. The molecule has 0 aliphatic carbocycles. The summed E-state index contributed by atoms with van der Waals surface area (Å²) in [6.07, 6.45) is 6.42. The highest BCUT2D eigenvalue weighted by Gasteiger charge is 2.02. The molecule has 0 aromatic carbocycles. The molecule has 0 rings (SSSR count). The fourth-order valence-corrected chi connectivity index (χ4v) is 1.47. The molecule has 0 atom stereocenters. The zero-order chi connectivity index (χ0) is 13.6. The number of rotatable bonds is 11. The van der Waals surface area contributed by atoms with Gasteiger partial charge in [-0.1, -0.05) is 6.42 Å². The monoisotopic (exact) mass is 256 g/mol. The van der Waals surface area contributed by atoms with E-state index in [0.29, 0.717) is 19.6 Å². The van der Waals surface area contributed by atoms with Gasteiger partial charge in [0.1, 0.15) is 0 Å². The Kier molecular flexibility index (Phi) is 11.5. The summed E-state index contributed by atoms with van der Waals surface area (Å²) in [7, 11) is 4.06. The Bertz CT molecular complexity index is 261. The zero-order valence-corrected chi connectivity index (χ0v) is 11.5. The van der Waals surface area contributed by atoms with Gasteiger partial charge in [-0.15, -0.1) is 0 Å². The summed E-state index contributed by atoms with van der Waals surface area (Å²) in [6.45, 7) is 2.04. The number of isocyanates is 1. The Morgan fingerprint density at radius 3 is 2.61 bits per heavy atom. The van der Waals surface area contributed by atoms with Gasteiger partial charge in [0.25, 0.3) is 0 Å². The molecule has 0 saturated carbocycles. The van der Waals surface area contributed by atoms with Crippen LogP contribution in [0.25, 0.3) is 0 Å². The molecule has 0 N–H and O–H groups in total. The number of aliphatic imine (C=N–C) groups is 1. The fraction of sp³-hybridized carbons (Fsp3) is 0.846. The van der Waals surface area contributed by atoms with Crippen LogP contribution in [0.4, 0.5) is 0 Å². The molecule has 0 bridgehead atoms. The average molecular weight is 256 g/mol. The Labute approximate surface area is 109 Å². The maximum Gasteiger partial charge on any atom is 0.305 e. The van der Waals surface area contributed by atoms with Crippen molar-refractivity contribution in [1.82, 2.24) is 4.90 Å². The quantitative estimate of drug-likeness (QED) is 0.245.